The monoisotopic (exact) mass is 527 g/mol. The Balaban J connectivity index is 1.99. The van der Waals surface area contributed by atoms with Crippen LogP contribution in [-0.4, -0.2) is 46.5 Å². The highest BCUT2D eigenvalue weighted by Gasteiger charge is 2.42. The van der Waals surface area contributed by atoms with Crippen LogP contribution >= 0.6 is 0 Å². The van der Waals surface area contributed by atoms with E-state index in [1.807, 2.05) is 39.0 Å². The number of ether oxygens (including phenoxy) is 1. The molecule has 0 radical (unpaired) electrons. The van der Waals surface area contributed by atoms with Gasteiger partial charge in [-0.3, -0.25) is 9.59 Å². The first kappa shape index (κ1) is 30.0. The number of nitrogens with zero attached hydrogens (tertiary/aromatic N) is 1. The van der Waals surface area contributed by atoms with E-state index in [-0.39, 0.29) is 29.8 Å². The Morgan fingerprint density at radius 2 is 1.63 bits per heavy atom. The number of hydrogen-bond donors (Lipinski definition) is 2. The molecule has 0 aliphatic heterocycles. The number of carbonyl (C=O) groups excluding carboxylic acids is 3. The van der Waals surface area contributed by atoms with Crippen molar-refractivity contribution in [1.29, 1.82) is 0 Å². The van der Waals surface area contributed by atoms with Gasteiger partial charge in [0, 0.05) is 12.1 Å². The molecule has 3 rings (SSSR count). The fourth-order valence-corrected chi connectivity index (χ4v) is 5.41. The van der Waals surface area contributed by atoms with E-state index in [1.54, 1.807) is 25.7 Å². The Hall–Kier alpha value is -2.57. The van der Waals surface area contributed by atoms with Gasteiger partial charge in [0.05, 0.1) is 0 Å². The van der Waals surface area contributed by atoms with Crippen LogP contribution in [0.2, 0.25) is 0 Å². The maximum atomic E-state index is 14.4. The van der Waals surface area contributed by atoms with Gasteiger partial charge >= 0.3 is 6.09 Å². The van der Waals surface area contributed by atoms with Crippen molar-refractivity contribution in [2.75, 3.05) is 0 Å². The molecule has 7 heteroatoms. The minimum Gasteiger partial charge on any atom is -0.444 e. The zero-order valence-electron chi connectivity index (χ0n) is 24.6. The predicted octanol–water partition coefficient (Wildman–Crippen LogP) is 6.11. The number of amides is 3. The number of nitrogens with one attached hydrogen (secondary N) is 2. The average molecular weight is 528 g/mol. The summed E-state index contributed by atoms with van der Waals surface area (Å²) in [6.07, 6.45) is 7.94. The van der Waals surface area contributed by atoms with E-state index in [0.29, 0.717) is 6.42 Å². The Kier molecular flexibility index (Phi) is 10.2. The summed E-state index contributed by atoms with van der Waals surface area (Å²) in [6.45, 7) is 13.6. The summed E-state index contributed by atoms with van der Waals surface area (Å²) in [6, 6.07) is 4.62. The summed E-state index contributed by atoms with van der Waals surface area (Å²) < 4.78 is 5.50. The van der Waals surface area contributed by atoms with Crippen molar-refractivity contribution in [3.63, 3.8) is 0 Å². The molecule has 0 spiro atoms. The van der Waals surface area contributed by atoms with Crippen molar-refractivity contribution in [1.82, 2.24) is 15.5 Å². The highest BCUT2D eigenvalue weighted by molar-refractivity contribution is 5.92. The highest BCUT2D eigenvalue weighted by Crippen LogP contribution is 2.35. The largest absolute Gasteiger partial charge is 0.444 e. The summed E-state index contributed by atoms with van der Waals surface area (Å²) in [5, 5.41) is 6.15. The van der Waals surface area contributed by atoms with Crippen LogP contribution in [0.1, 0.15) is 115 Å². The van der Waals surface area contributed by atoms with Gasteiger partial charge in [-0.1, -0.05) is 51.3 Å². The molecule has 7 nitrogen and oxygen atoms in total. The van der Waals surface area contributed by atoms with Gasteiger partial charge in [-0.2, -0.15) is 0 Å². The molecule has 212 valence electrons. The van der Waals surface area contributed by atoms with Crippen LogP contribution in [0.3, 0.4) is 0 Å². The minimum absolute atomic E-state index is 0.0405. The number of hydrogen-bond acceptors (Lipinski definition) is 4. The molecule has 2 atom stereocenters. The first-order valence-corrected chi connectivity index (χ1v) is 14.5. The number of alkyl carbamates (subject to hydrolysis) is 1. The molecule has 2 unspecified atom stereocenters. The number of benzene rings is 1. The summed E-state index contributed by atoms with van der Waals surface area (Å²) in [4.78, 5) is 42.9. The average Bonchev–Trinajstić information content (AvgIpc) is 2.78. The highest BCUT2D eigenvalue weighted by atomic mass is 16.6. The first-order valence-electron chi connectivity index (χ1n) is 14.5. The number of rotatable bonds is 9. The third-order valence-electron chi connectivity index (χ3n) is 7.74. The maximum absolute atomic E-state index is 14.4. The van der Waals surface area contributed by atoms with E-state index in [4.69, 9.17) is 4.74 Å². The fourth-order valence-electron chi connectivity index (χ4n) is 5.41. The van der Waals surface area contributed by atoms with E-state index < -0.39 is 23.8 Å². The second-order valence-electron chi connectivity index (χ2n) is 12.7. The van der Waals surface area contributed by atoms with Gasteiger partial charge in [0.1, 0.15) is 17.7 Å². The van der Waals surface area contributed by atoms with Crippen LogP contribution in [0.5, 0.6) is 0 Å². The quantitative estimate of drug-likeness (QED) is 0.405. The third kappa shape index (κ3) is 8.21. The zero-order chi connectivity index (χ0) is 28.0. The SMILES string of the molecule is Cc1ccc(C(C(=O)NC2CCCCC2)N(C(=O)C(CC(C)C)NC(=O)OC(C)(C)C)C2CCC2)cc1C. The Labute approximate surface area is 229 Å². The molecule has 0 heterocycles. The number of aryl methyl sites for hydroxylation is 2. The molecule has 1 aromatic rings. The third-order valence-corrected chi connectivity index (χ3v) is 7.74. The van der Waals surface area contributed by atoms with Crippen LogP contribution in [-0.2, 0) is 14.3 Å². The second-order valence-corrected chi connectivity index (χ2v) is 12.7. The zero-order valence-corrected chi connectivity index (χ0v) is 24.6. The van der Waals surface area contributed by atoms with Crippen molar-refractivity contribution in [2.45, 2.75) is 136 Å². The maximum Gasteiger partial charge on any atom is 0.408 e. The lowest BCUT2D eigenvalue weighted by Crippen LogP contribution is -2.58. The molecule has 3 amide bonds. The lowest BCUT2D eigenvalue weighted by molar-refractivity contribution is -0.148. The molecule has 0 aromatic heterocycles. The van der Waals surface area contributed by atoms with Crippen LogP contribution in [0.15, 0.2) is 18.2 Å². The molecule has 1 aromatic carbocycles. The van der Waals surface area contributed by atoms with Gasteiger partial charge in [0.15, 0.2) is 0 Å². The standard InChI is InChI=1S/C31H49N3O4/c1-20(2)18-26(33-30(37)38-31(5,6)7)29(36)34(25-14-11-15-25)27(23-17-16-21(3)22(4)19-23)28(35)32-24-12-9-8-10-13-24/h16-17,19-20,24-27H,8-15,18H2,1-7H3,(H,32,35)(H,33,37). The summed E-state index contributed by atoms with van der Waals surface area (Å²) in [5.74, 6) is -0.171. The van der Waals surface area contributed by atoms with Crippen molar-refractivity contribution in [3.8, 4) is 0 Å². The summed E-state index contributed by atoms with van der Waals surface area (Å²) in [7, 11) is 0. The second kappa shape index (κ2) is 13.0. The Morgan fingerprint density at radius 3 is 2.16 bits per heavy atom. The smallest absolute Gasteiger partial charge is 0.408 e. The molecule has 2 N–H and O–H groups in total. The molecule has 2 aliphatic carbocycles. The predicted molar refractivity (Wildman–Crippen MR) is 151 cm³/mol. The van der Waals surface area contributed by atoms with Crippen molar-refractivity contribution >= 4 is 17.9 Å². The van der Waals surface area contributed by atoms with Crippen LogP contribution in [0.25, 0.3) is 0 Å². The molecule has 0 bridgehead atoms. The summed E-state index contributed by atoms with van der Waals surface area (Å²) in [5.41, 5.74) is 2.38. The fraction of sp³-hybridized carbons (Fsp3) is 0.710. The summed E-state index contributed by atoms with van der Waals surface area (Å²) >= 11 is 0. The van der Waals surface area contributed by atoms with Crippen molar-refractivity contribution in [2.24, 2.45) is 5.92 Å². The molecule has 2 aliphatic rings. The van der Waals surface area contributed by atoms with E-state index in [0.717, 1.165) is 61.6 Å². The molecule has 38 heavy (non-hydrogen) atoms. The first-order chi connectivity index (χ1) is 17.9. The molecular weight excluding hydrogens is 478 g/mol. The van der Waals surface area contributed by atoms with Gasteiger partial charge in [-0.15, -0.1) is 0 Å². The van der Waals surface area contributed by atoms with Gasteiger partial charge in [0.2, 0.25) is 11.8 Å². The van der Waals surface area contributed by atoms with E-state index in [2.05, 4.69) is 17.6 Å². The van der Waals surface area contributed by atoms with Crippen LogP contribution < -0.4 is 10.6 Å². The van der Waals surface area contributed by atoms with Crippen LogP contribution in [0.4, 0.5) is 4.79 Å². The normalized spacial score (nSPS) is 18.3. The van der Waals surface area contributed by atoms with Crippen molar-refractivity contribution < 1.29 is 19.1 Å². The van der Waals surface area contributed by atoms with E-state index >= 15 is 0 Å². The lowest BCUT2D eigenvalue weighted by atomic mass is 9.86. The topological polar surface area (TPSA) is 87.7 Å². The molecule has 2 saturated carbocycles. The van der Waals surface area contributed by atoms with E-state index in [9.17, 15) is 14.4 Å². The molecular formula is C31H49N3O4. The molecule has 2 fully saturated rings. The minimum atomic E-state index is -0.776. The van der Waals surface area contributed by atoms with Crippen molar-refractivity contribution in [3.05, 3.63) is 34.9 Å². The van der Waals surface area contributed by atoms with Gasteiger partial charge < -0.3 is 20.3 Å². The van der Waals surface area contributed by atoms with Gasteiger partial charge in [0.25, 0.3) is 0 Å². The van der Waals surface area contributed by atoms with Gasteiger partial charge in [-0.05, 0) is 95.8 Å². The van der Waals surface area contributed by atoms with Crippen LogP contribution in [0, 0.1) is 19.8 Å². The lowest BCUT2D eigenvalue weighted by Gasteiger charge is -2.44. The number of carbonyl (C=O) groups is 3. The Morgan fingerprint density at radius 1 is 0.974 bits per heavy atom. The molecule has 0 saturated heterocycles. The Bertz CT molecular complexity index is 974. The van der Waals surface area contributed by atoms with Gasteiger partial charge in [-0.25, -0.2) is 4.79 Å². The van der Waals surface area contributed by atoms with E-state index in [1.165, 1.54) is 6.42 Å².